The molecule has 148 valence electrons. The van der Waals surface area contributed by atoms with E-state index in [1.54, 1.807) is 13.0 Å². The van der Waals surface area contributed by atoms with E-state index < -0.39 is 0 Å². The van der Waals surface area contributed by atoms with Crippen molar-refractivity contribution in [2.75, 3.05) is 18.4 Å². The molecule has 1 saturated heterocycles. The highest BCUT2D eigenvalue weighted by atomic mass is 19.1. The molecule has 0 aromatic heterocycles. The van der Waals surface area contributed by atoms with E-state index >= 15 is 0 Å². The Bertz CT molecular complexity index is 848. The molecule has 1 N–H and O–H groups in total. The third-order valence-corrected chi connectivity index (χ3v) is 5.35. The van der Waals surface area contributed by atoms with Crippen LogP contribution in [0, 0.1) is 25.6 Å². The van der Waals surface area contributed by atoms with Crippen LogP contribution >= 0.6 is 0 Å². The van der Waals surface area contributed by atoms with Gasteiger partial charge in [-0.05, 0) is 74.9 Å². The van der Waals surface area contributed by atoms with Crippen LogP contribution in [0.5, 0.6) is 0 Å². The zero-order chi connectivity index (χ0) is 20.1. The van der Waals surface area contributed by atoms with E-state index in [0.717, 1.165) is 36.9 Å². The highest BCUT2D eigenvalue weighted by Gasteiger charge is 2.24. The second-order valence-corrected chi connectivity index (χ2v) is 7.67. The van der Waals surface area contributed by atoms with Crippen molar-refractivity contribution in [2.45, 2.75) is 39.5 Å². The summed E-state index contributed by atoms with van der Waals surface area (Å²) in [4.78, 5) is 26.9. The number of nitrogens with zero attached hydrogens (tertiary/aromatic N) is 1. The van der Waals surface area contributed by atoms with Gasteiger partial charge in [-0.25, -0.2) is 4.39 Å². The Labute approximate surface area is 165 Å². The number of aryl methyl sites for hydroxylation is 2. The standard InChI is InChI=1S/C23H27FN2O2/c1-16-5-8-19(9-6-16)23(28)26-13-3-4-18(15-26)7-12-22(27)25-21-11-10-20(24)14-17(21)2/h5-6,8-11,14,18H,3-4,7,12-13,15H2,1-2H3,(H,25,27). The molecular weight excluding hydrogens is 355 g/mol. The van der Waals surface area contributed by atoms with Crippen LogP contribution in [0.15, 0.2) is 42.5 Å². The highest BCUT2D eigenvalue weighted by Crippen LogP contribution is 2.23. The van der Waals surface area contributed by atoms with Gasteiger partial charge in [0.2, 0.25) is 5.91 Å². The summed E-state index contributed by atoms with van der Waals surface area (Å²) >= 11 is 0. The monoisotopic (exact) mass is 382 g/mol. The third-order valence-electron chi connectivity index (χ3n) is 5.35. The van der Waals surface area contributed by atoms with Gasteiger partial charge in [-0.2, -0.15) is 0 Å². The normalized spacial score (nSPS) is 16.7. The van der Waals surface area contributed by atoms with E-state index in [9.17, 15) is 14.0 Å². The second kappa shape index (κ2) is 9.00. The molecule has 2 amide bonds. The first-order chi connectivity index (χ1) is 13.4. The lowest BCUT2D eigenvalue weighted by atomic mass is 9.92. The molecule has 0 saturated carbocycles. The van der Waals surface area contributed by atoms with Crippen molar-refractivity contribution in [3.8, 4) is 0 Å². The Kier molecular flexibility index (Phi) is 6.45. The number of nitrogens with one attached hydrogen (secondary N) is 1. The number of halogens is 1. The van der Waals surface area contributed by atoms with E-state index in [0.29, 0.717) is 30.1 Å². The van der Waals surface area contributed by atoms with Crippen LogP contribution in [0.2, 0.25) is 0 Å². The second-order valence-electron chi connectivity index (χ2n) is 7.67. The molecule has 28 heavy (non-hydrogen) atoms. The van der Waals surface area contributed by atoms with Crippen molar-refractivity contribution in [3.63, 3.8) is 0 Å². The van der Waals surface area contributed by atoms with Gasteiger partial charge in [0.15, 0.2) is 0 Å². The van der Waals surface area contributed by atoms with Crippen molar-refractivity contribution < 1.29 is 14.0 Å². The Morgan fingerprint density at radius 3 is 2.61 bits per heavy atom. The predicted octanol–water partition coefficient (Wildman–Crippen LogP) is 4.71. The Hall–Kier alpha value is -2.69. The average molecular weight is 382 g/mol. The molecule has 5 heteroatoms. The van der Waals surface area contributed by atoms with Gasteiger partial charge in [-0.15, -0.1) is 0 Å². The van der Waals surface area contributed by atoms with Crippen molar-refractivity contribution >= 4 is 17.5 Å². The molecule has 0 spiro atoms. The van der Waals surface area contributed by atoms with Gasteiger partial charge in [0.1, 0.15) is 5.82 Å². The molecule has 1 atom stereocenters. The number of likely N-dealkylation sites (tertiary alicyclic amines) is 1. The molecular formula is C23H27FN2O2. The molecule has 1 aliphatic heterocycles. The number of benzene rings is 2. The quantitative estimate of drug-likeness (QED) is 0.814. The van der Waals surface area contributed by atoms with E-state index in [1.807, 2.05) is 36.1 Å². The Balaban J connectivity index is 1.51. The molecule has 2 aromatic rings. The summed E-state index contributed by atoms with van der Waals surface area (Å²) in [7, 11) is 0. The summed E-state index contributed by atoms with van der Waals surface area (Å²) in [5.41, 5.74) is 3.21. The fraction of sp³-hybridized carbons (Fsp3) is 0.391. The van der Waals surface area contributed by atoms with E-state index in [-0.39, 0.29) is 17.6 Å². The van der Waals surface area contributed by atoms with Crippen molar-refractivity contribution in [2.24, 2.45) is 5.92 Å². The first-order valence-corrected chi connectivity index (χ1v) is 9.84. The highest BCUT2D eigenvalue weighted by molar-refractivity contribution is 5.94. The number of carbonyl (C=O) groups excluding carboxylic acids is 2. The van der Waals surface area contributed by atoms with Gasteiger partial charge < -0.3 is 10.2 Å². The molecule has 3 rings (SSSR count). The molecule has 2 aromatic carbocycles. The van der Waals surface area contributed by atoms with Crippen LogP contribution in [-0.2, 0) is 4.79 Å². The van der Waals surface area contributed by atoms with Crippen LogP contribution in [0.3, 0.4) is 0 Å². The minimum atomic E-state index is -0.309. The zero-order valence-corrected chi connectivity index (χ0v) is 16.5. The maximum atomic E-state index is 13.2. The maximum Gasteiger partial charge on any atom is 0.253 e. The molecule has 0 radical (unpaired) electrons. The van der Waals surface area contributed by atoms with Gasteiger partial charge in [0.05, 0.1) is 0 Å². The van der Waals surface area contributed by atoms with Gasteiger partial charge in [-0.3, -0.25) is 9.59 Å². The van der Waals surface area contributed by atoms with Crippen molar-refractivity contribution in [1.29, 1.82) is 0 Å². The van der Waals surface area contributed by atoms with Crippen LogP contribution in [0.25, 0.3) is 0 Å². The molecule has 0 aliphatic carbocycles. The largest absolute Gasteiger partial charge is 0.338 e. The molecule has 1 unspecified atom stereocenters. The lowest BCUT2D eigenvalue weighted by Gasteiger charge is -2.33. The van der Waals surface area contributed by atoms with Gasteiger partial charge in [0.25, 0.3) is 5.91 Å². The number of piperidine rings is 1. The predicted molar refractivity (Wildman–Crippen MR) is 109 cm³/mol. The summed E-state index contributed by atoms with van der Waals surface area (Å²) in [6.45, 7) is 5.23. The first-order valence-electron chi connectivity index (χ1n) is 9.84. The molecule has 1 heterocycles. The van der Waals surface area contributed by atoms with E-state index in [2.05, 4.69) is 5.32 Å². The Morgan fingerprint density at radius 2 is 1.89 bits per heavy atom. The number of carbonyl (C=O) groups is 2. The number of rotatable bonds is 5. The topological polar surface area (TPSA) is 49.4 Å². The number of anilines is 1. The fourth-order valence-electron chi connectivity index (χ4n) is 3.68. The first kappa shape index (κ1) is 20.1. The molecule has 1 aliphatic rings. The zero-order valence-electron chi connectivity index (χ0n) is 16.5. The van der Waals surface area contributed by atoms with Gasteiger partial charge in [0, 0.05) is 30.8 Å². The smallest absolute Gasteiger partial charge is 0.253 e. The lowest BCUT2D eigenvalue weighted by molar-refractivity contribution is -0.116. The Morgan fingerprint density at radius 1 is 1.14 bits per heavy atom. The van der Waals surface area contributed by atoms with Crippen LogP contribution in [-0.4, -0.2) is 29.8 Å². The van der Waals surface area contributed by atoms with E-state index in [4.69, 9.17) is 0 Å². The molecule has 0 bridgehead atoms. The summed E-state index contributed by atoms with van der Waals surface area (Å²) in [6.07, 6.45) is 3.12. The van der Waals surface area contributed by atoms with Crippen molar-refractivity contribution in [1.82, 2.24) is 4.90 Å². The number of hydrogen-bond donors (Lipinski definition) is 1. The minimum Gasteiger partial charge on any atom is -0.338 e. The number of amides is 2. The third kappa shape index (κ3) is 5.18. The van der Waals surface area contributed by atoms with Gasteiger partial charge >= 0.3 is 0 Å². The van der Waals surface area contributed by atoms with Crippen LogP contribution in [0.4, 0.5) is 10.1 Å². The van der Waals surface area contributed by atoms with Crippen LogP contribution < -0.4 is 5.32 Å². The van der Waals surface area contributed by atoms with E-state index in [1.165, 1.54) is 12.1 Å². The van der Waals surface area contributed by atoms with Gasteiger partial charge in [-0.1, -0.05) is 17.7 Å². The summed E-state index contributed by atoms with van der Waals surface area (Å²) in [5.74, 6) is 0.00651. The molecule has 1 fully saturated rings. The average Bonchev–Trinajstić information content (AvgIpc) is 2.69. The maximum absolute atomic E-state index is 13.2. The minimum absolute atomic E-state index is 0.0658. The molecule has 4 nitrogen and oxygen atoms in total. The number of hydrogen-bond acceptors (Lipinski definition) is 2. The van der Waals surface area contributed by atoms with Crippen molar-refractivity contribution in [3.05, 3.63) is 65.0 Å². The SMILES string of the molecule is Cc1ccc(C(=O)N2CCCC(CCC(=O)Nc3ccc(F)cc3C)C2)cc1. The summed E-state index contributed by atoms with van der Waals surface area (Å²) < 4.78 is 13.2. The summed E-state index contributed by atoms with van der Waals surface area (Å²) in [5, 5.41) is 2.86. The van der Waals surface area contributed by atoms with Crippen LogP contribution in [0.1, 0.15) is 47.2 Å². The summed E-state index contributed by atoms with van der Waals surface area (Å²) in [6, 6.07) is 12.0. The fourth-order valence-corrected chi connectivity index (χ4v) is 3.68. The lowest BCUT2D eigenvalue weighted by Crippen LogP contribution is -2.40.